The minimum Gasteiger partial charge on any atom is -0.462 e. The lowest BCUT2D eigenvalue weighted by Gasteiger charge is -2.28. The summed E-state index contributed by atoms with van der Waals surface area (Å²) < 4.78 is 5.53. The maximum Gasteiger partial charge on any atom is 0.336 e. The number of halogens is 2. The van der Waals surface area contributed by atoms with Crippen molar-refractivity contribution in [1.82, 2.24) is 5.32 Å². The van der Waals surface area contributed by atoms with Gasteiger partial charge in [-0.05, 0) is 30.5 Å². The summed E-state index contributed by atoms with van der Waals surface area (Å²) in [5.74, 6) is -0.782. The summed E-state index contributed by atoms with van der Waals surface area (Å²) in [7, 11) is 0. The first-order chi connectivity index (χ1) is 11.9. The van der Waals surface area contributed by atoms with Gasteiger partial charge in [-0.25, -0.2) is 4.79 Å². The first-order valence-corrected chi connectivity index (χ1v) is 9.26. The van der Waals surface area contributed by atoms with Gasteiger partial charge >= 0.3 is 5.97 Å². The molecule has 1 N–H and O–H groups in total. The van der Waals surface area contributed by atoms with Gasteiger partial charge in [0.2, 0.25) is 5.91 Å². The molecule has 2 rings (SSSR count). The summed E-state index contributed by atoms with van der Waals surface area (Å²) in [5.41, 5.74) is 1.50. The molecule has 0 bridgehead atoms. The summed E-state index contributed by atoms with van der Waals surface area (Å²) in [6.45, 7) is 6.20. The number of hydrogen-bond acceptors (Lipinski definition) is 3. The van der Waals surface area contributed by atoms with E-state index in [4.69, 9.17) is 27.9 Å². The van der Waals surface area contributed by atoms with E-state index in [0.29, 0.717) is 39.4 Å². The summed E-state index contributed by atoms with van der Waals surface area (Å²) >= 11 is 12.6. The van der Waals surface area contributed by atoms with Crippen molar-refractivity contribution in [2.45, 2.75) is 46.0 Å². The lowest BCUT2D eigenvalue weighted by molar-refractivity contribution is -0.141. The fourth-order valence-electron chi connectivity index (χ4n) is 3.06. The molecule has 0 radical (unpaired) electrons. The smallest absolute Gasteiger partial charge is 0.336 e. The van der Waals surface area contributed by atoms with Crippen LogP contribution in [0.1, 0.15) is 51.5 Å². The number of esters is 1. The number of allylic oxidation sites excluding steroid dienone is 1. The molecule has 0 saturated heterocycles. The van der Waals surface area contributed by atoms with Crippen LogP contribution < -0.4 is 5.32 Å². The van der Waals surface area contributed by atoms with Crippen molar-refractivity contribution >= 4 is 35.1 Å². The van der Waals surface area contributed by atoms with Crippen molar-refractivity contribution in [3.8, 4) is 0 Å². The van der Waals surface area contributed by atoms with Gasteiger partial charge < -0.3 is 10.1 Å². The summed E-state index contributed by atoms with van der Waals surface area (Å²) in [4.78, 5) is 24.8. The quantitative estimate of drug-likeness (QED) is 0.714. The van der Waals surface area contributed by atoms with E-state index in [-0.39, 0.29) is 12.3 Å². The molecule has 0 saturated carbocycles. The van der Waals surface area contributed by atoms with E-state index < -0.39 is 11.9 Å². The van der Waals surface area contributed by atoms with E-state index in [9.17, 15) is 9.59 Å². The highest BCUT2D eigenvalue weighted by Gasteiger charge is 2.35. The minimum atomic E-state index is -0.510. The normalized spacial score (nSPS) is 17.7. The average molecular weight is 384 g/mol. The van der Waals surface area contributed by atoms with Crippen molar-refractivity contribution in [2.24, 2.45) is 5.92 Å². The molecule has 0 aromatic heterocycles. The lowest BCUT2D eigenvalue weighted by Crippen LogP contribution is -2.34. The van der Waals surface area contributed by atoms with Crippen molar-refractivity contribution in [3.63, 3.8) is 0 Å². The first-order valence-electron chi connectivity index (χ1n) is 8.50. The van der Waals surface area contributed by atoms with E-state index in [1.165, 1.54) is 0 Å². The summed E-state index contributed by atoms with van der Waals surface area (Å²) in [6, 6.07) is 5.15. The highest BCUT2D eigenvalue weighted by atomic mass is 35.5. The topological polar surface area (TPSA) is 55.4 Å². The van der Waals surface area contributed by atoms with Gasteiger partial charge in [0, 0.05) is 28.1 Å². The van der Waals surface area contributed by atoms with Crippen LogP contribution in [0.4, 0.5) is 0 Å². The van der Waals surface area contributed by atoms with Gasteiger partial charge in [0.1, 0.15) is 0 Å². The van der Waals surface area contributed by atoms with Crippen molar-refractivity contribution in [1.29, 1.82) is 0 Å². The largest absolute Gasteiger partial charge is 0.462 e. The zero-order chi connectivity index (χ0) is 18.6. The van der Waals surface area contributed by atoms with Gasteiger partial charge in [-0.1, -0.05) is 56.0 Å². The molecule has 1 aromatic rings. The number of ether oxygens (including phenoxy) is 1. The number of rotatable bonds is 6. The van der Waals surface area contributed by atoms with Crippen molar-refractivity contribution < 1.29 is 14.3 Å². The number of carbonyl (C=O) groups excluding carboxylic acids is 2. The van der Waals surface area contributed by atoms with Gasteiger partial charge in [-0.2, -0.15) is 0 Å². The molecule has 1 aromatic carbocycles. The Hall–Kier alpha value is -1.52. The van der Waals surface area contributed by atoms with Gasteiger partial charge in [0.15, 0.2) is 0 Å². The van der Waals surface area contributed by atoms with E-state index in [1.54, 1.807) is 25.1 Å². The average Bonchev–Trinajstić information content (AvgIpc) is 2.55. The number of amides is 1. The molecular weight excluding hydrogens is 361 g/mol. The van der Waals surface area contributed by atoms with Gasteiger partial charge in [-0.15, -0.1) is 0 Å². The van der Waals surface area contributed by atoms with E-state index in [1.807, 2.05) is 0 Å². The van der Waals surface area contributed by atoms with Crippen LogP contribution in [0.5, 0.6) is 0 Å². The Labute approximate surface area is 158 Å². The summed E-state index contributed by atoms with van der Waals surface area (Å²) in [5, 5.41) is 3.59. The zero-order valence-corrected chi connectivity index (χ0v) is 16.2. The molecule has 25 heavy (non-hydrogen) atoms. The third-order valence-corrected chi connectivity index (χ3v) is 5.30. The maximum atomic E-state index is 12.7. The molecule has 1 atom stereocenters. The van der Waals surface area contributed by atoms with Crippen LogP contribution in [-0.2, 0) is 14.3 Å². The molecule has 1 aliphatic heterocycles. The molecule has 1 aliphatic rings. The third kappa shape index (κ3) is 4.56. The highest BCUT2D eigenvalue weighted by molar-refractivity contribution is 6.36. The van der Waals surface area contributed by atoms with Crippen LogP contribution in [0.25, 0.3) is 0 Å². The molecule has 0 unspecified atom stereocenters. The van der Waals surface area contributed by atoms with Crippen LogP contribution in [0, 0.1) is 5.92 Å². The monoisotopic (exact) mass is 383 g/mol. The Bertz CT molecular complexity index is 676. The Morgan fingerprint density at radius 1 is 1.28 bits per heavy atom. The molecule has 1 heterocycles. The fourth-order valence-corrected chi connectivity index (χ4v) is 3.72. The van der Waals surface area contributed by atoms with E-state index in [2.05, 4.69) is 19.2 Å². The van der Waals surface area contributed by atoms with Crippen molar-refractivity contribution in [2.75, 3.05) is 6.61 Å². The van der Waals surface area contributed by atoms with Crippen LogP contribution in [-0.4, -0.2) is 18.5 Å². The maximum absolute atomic E-state index is 12.7. The Balaban J connectivity index is 2.36. The van der Waals surface area contributed by atoms with Gasteiger partial charge in [-0.3, -0.25) is 4.79 Å². The SMILES string of the molecule is CCC(CC)COC(=O)C1=C(C)NC(=O)C[C@H]1c1c(Cl)cccc1Cl. The lowest BCUT2D eigenvalue weighted by atomic mass is 9.84. The molecule has 0 aliphatic carbocycles. The predicted octanol–water partition coefficient (Wildman–Crippen LogP) is 4.85. The second-order valence-electron chi connectivity index (χ2n) is 6.26. The number of carbonyl (C=O) groups is 2. The Morgan fingerprint density at radius 2 is 1.88 bits per heavy atom. The minimum absolute atomic E-state index is 0.107. The second-order valence-corrected chi connectivity index (χ2v) is 7.07. The second kappa shape index (κ2) is 8.72. The molecule has 136 valence electrons. The van der Waals surface area contributed by atoms with Crippen LogP contribution in [0.15, 0.2) is 29.5 Å². The van der Waals surface area contributed by atoms with Gasteiger partial charge in [0.25, 0.3) is 0 Å². The third-order valence-electron chi connectivity index (χ3n) is 4.64. The zero-order valence-electron chi connectivity index (χ0n) is 14.7. The van der Waals surface area contributed by atoms with Crippen LogP contribution in [0.2, 0.25) is 10.0 Å². The highest BCUT2D eigenvalue weighted by Crippen LogP contribution is 2.40. The van der Waals surface area contributed by atoms with Crippen molar-refractivity contribution in [3.05, 3.63) is 45.1 Å². The number of hydrogen-bond donors (Lipinski definition) is 1. The Kier molecular flexibility index (Phi) is 6.91. The molecule has 1 amide bonds. The molecule has 0 fully saturated rings. The standard InChI is InChI=1S/C19H23Cl2NO3/c1-4-12(5-2)10-25-19(24)17-11(3)22-16(23)9-13(17)18-14(20)7-6-8-15(18)21/h6-8,12-13H,4-5,9-10H2,1-3H3,(H,22,23)/t13-/m1/s1. The van der Waals surface area contributed by atoms with Crippen LogP contribution in [0.3, 0.4) is 0 Å². The van der Waals surface area contributed by atoms with E-state index in [0.717, 1.165) is 12.8 Å². The number of benzene rings is 1. The molecule has 6 heteroatoms. The molecule has 4 nitrogen and oxygen atoms in total. The molecular formula is C19H23Cl2NO3. The van der Waals surface area contributed by atoms with E-state index >= 15 is 0 Å². The first kappa shape index (κ1) is 19.8. The van der Waals surface area contributed by atoms with Gasteiger partial charge in [0.05, 0.1) is 12.2 Å². The number of nitrogens with one attached hydrogen (secondary N) is 1. The Morgan fingerprint density at radius 3 is 2.44 bits per heavy atom. The summed E-state index contributed by atoms with van der Waals surface area (Å²) in [6.07, 6.45) is 1.99. The van der Waals surface area contributed by atoms with Crippen LogP contribution >= 0.6 is 23.2 Å². The fraction of sp³-hybridized carbons (Fsp3) is 0.474. The molecule has 0 spiro atoms. The predicted molar refractivity (Wildman–Crippen MR) is 99.7 cm³/mol.